The highest BCUT2D eigenvalue weighted by atomic mass is 19.2. The van der Waals surface area contributed by atoms with Gasteiger partial charge in [0, 0.05) is 12.1 Å². The number of carbonyl (C=O) groups is 1. The lowest BCUT2D eigenvalue weighted by Crippen LogP contribution is -2.12. The van der Waals surface area contributed by atoms with Gasteiger partial charge in [-0.25, -0.2) is 13.8 Å². The summed E-state index contributed by atoms with van der Waals surface area (Å²) >= 11 is 0. The Morgan fingerprint density at radius 1 is 1.36 bits per heavy atom. The maximum absolute atomic E-state index is 12.7. The van der Waals surface area contributed by atoms with Crippen molar-refractivity contribution in [3.05, 3.63) is 29.6 Å². The van der Waals surface area contributed by atoms with Crippen molar-refractivity contribution >= 4 is 16.9 Å². The quantitative estimate of drug-likeness (QED) is 0.714. The highest BCUT2D eigenvalue weighted by Gasteiger charge is 2.10. The molecular formula is C8H5F2N3O. The van der Waals surface area contributed by atoms with Gasteiger partial charge in [0.2, 0.25) is 0 Å². The molecule has 2 aromatic rings. The van der Waals surface area contributed by atoms with Gasteiger partial charge in [0.25, 0.3) is 5.91 Å². The molecule has 0 radical (unpaired) electrons. The van der Waals surface area contributed by atoms with Crippen LogP contribution in [0.5, 0.6) is 0 Å². The zero-order valence-corrected chi connectivity index (χ0v) is 6.84. The lowest BCUT2D eigenvalue weighted by atomic mass is 10.3. The minimum atomic E-state index is -1.01. The second-order valence-corrected chi connectivity index (χ2v) is 2.73. The van der Waals surface area contributed by atoms with Crippen LogP contribution in [0.2, 0.25) is 0 Å². The van der Waals surface area contributed by atoms with Gasteiger partial charge < -0.3 is 10.7 Å². The molecule has 3 N–H and O–H groups in total. The summed E-state index contributed by atoms with van der Waals surface area (Å²) in [6.45, 7) is 0. The van der Waals surface area contributed by atoms with Crippen LogP contribution in [0.15, 0.2) is 12.1 Å². The van der Waals surface area contributed by atoms with E-state index in [4.69, 9.17) is 5.73 Å². The zero-order valence-electron chi connectivity index (χ0n) is 6.84. The third-order valence-electron chi connectivity index (χ3n) is 1.76. The van der Waals surface area contributed by atoms with Crippen molar-refractivity contribution in [3.63, 3.8) is 0 Å². The molecule has 0 aliphatic carbocycles. The molecule has 2 rings (SSSR count). The summed E-state index contributed by atoms with van der Waals surface area (Å²) in [7, 11) is 0. The first kappa shape index (κ1) is 8.61. The first-order valence-electron chi connectivity index (χ1n) is 3.72. The SMILES string of the molecule is NC(=O)c1nc2cc(F)c(F)cc2[nH]1. The van der Waals surface area contributed by atoms with Crippen molar-refractivity contribution in [1.29, 1.82) is 0 Å². The van der Waals surface area contributed by atoms with Gasteiger partial charge in [-0.15, -0.1) is 0 Å². The van der Waals surface area contributed by atoms with Gasteiger partial charge in [-0.05, 0) is 0 Å². The van der Waals surface area contributed by atoms with Crippen LogP contribution >= 0.6 is 0 Å². The van der Waals surface area contributed by atoms with Crippen LogP contribution < -0.4 is 5.73 Å². The fourth-order valence-electron chi connectivity index (χ4n) is 1.12. The number of aromatic amines is 1. The third kappa shape index (κ3) is 1.20. The number of fused-ring (bicyclic) bond motifs is 1. The van der Waals surface area contributed by atoms with E-state index in [1.165, 1.54) is 0 Å². The van der Waals surface area contributed by atoms with Crippen LogP contribution in [0.4, 0.5) is 8.78 Å². The minimum Gasteiger partial charge on any atom is -0.363 e. The Hall–Kier alpha value is -1.98. The van der Waals surface area contributed by atoms with Gasteiger partial charge in [0.1, 0.15) is 0 Å². The number of amides is 1. The summed E-state index contributed by atoms with van der Waals surface area (Å²) in [5.41, 5.74) is 5.33. The molecule has 0 aliphatic rings. The van der Waals surface area contributed by atoms with Crippen LogP contribution in [0, 0.1) is 11.6 Å². The number of H-pyrrole nitrogens is 1. The molecule has 0 fully saturated rings. The first-order chi connectivity index (χ1) is 6.58. The van der Waals surface area contributed by atoms with Crippen LogP contribution in [0.25, 0.3) is 11.0 Å². The van der Waals surface area contributed by atoms with Crippen LogP contribution in [0.3, 0.4) is 0 Å². The van der Waals surface area contributed by atoms with Crippen molar-refractivity contribution in [2.24, 2.45) is 5.73 Å². The maximum Gasteiger partial charge on any atom is 0.284 e. The van der Waals surface area contributed by atoms with Crippen LogP contribution in [0.1, 0.15) is 10.6 Å². The van der Waals surface area contributed by atoms with Crippen molar-refractivity contribution in [2.45, 2.75) is 0 Å². The lowest BCUT2D eigenvalue weighted by Gasteiger charge is -1.90. The average Bonchev–Trinajstić information content (AvgIpc) is 2.48. The highest BCUT2D eigenvalue weighted by molar-refractivity contribution is 5.92. The van der Waals surface area contributed by atoms with E-state index in [1.54, 1.807) is 0 Å². The zero-order chi connectivity index (χ0) is 10.3. The van der Waals surface area contributed by atoms with Crippen molar-refractivity contribution < 1.29 is 13.6 Å². The average molecular weight is 197 g/mol. The van der Waals surface area contributed by atoms with E-state index < -0.39 is 17.5 Å². The van der Waals surface area contributed by atoms with Crippen molar-refractivity contribution in [3.8, 4) is 0 Å². The Morgan fingerprint density at radius 3 is 2.64 bits per heavy atom. The molecule has 0 spiro atoms. The van der Waals surface area contributed by atoms with Crippen LogP contribution in [-0.2, 0) is 0 Å². The standard InChI is InChI=1S/C8H5F2N3O/c9-3-1-5-6(2-4(3)10)13-8(12-5)7(11)14/h1-2H,(H2,11,14)(H,12,13). The number of primary amides is 1. The van der Waals surface area contributed by atoms with E-state index in [1.807, 2.05) is 0 Å². The number of halogens is 2. The van der Waals surface area contributed by atoms with E-state index in [-0.39, 0.29) is 16.9 Å². The number of nitrogens with zero attached hydrogens (tertiary/aromatic N) is 1. The number of nitrogens with one attached hydrogen (secondary N) is 1. The molecule has 1 heterocycles. The number of hydrogen-bond donors (Lipinski definition) is 2. The van der Waals surface area contributed by atoms with Gasteiger partial charge in [-0.3, -0.25) is 4.79 Å². The third-order valence-corrected chi connectivity index (χ3v) is 1.76. The highest BCUT2D eigenvalue weighted by Crippen LogP contribution is 2.15. The maximum atomic E-state index is 12.7. The number of benzene rings is 1. The summed E-state index contributed by atoms with van der Waals surface area (Å²) in [6, 6.07) is 1.82. The minimum absolute atomic E-state index is 0.120. The summed E-state index contributed by atoms with van der Waals surface area (Å²) in [4.78, 5) is 16.8. The fourth-order valence-corrected chi connectivity index (χ4v) is 1.12. The molecule has 1 aromatic heterocycles. The predicted octanol–water partition coefficient (Wildman–Crippen LogP) is 0.940. The van der Waals surface area contributed by atoms with E-state index in [0.717, 1.165) is 12.1 Å². The molecule has 0 unspecified atom stereocenters. The molecule has 1 aromatic carbocycles. The predicted molar refractivity (Wildman–Crippen MR) is 44.5 cm³/mol. The first-order valence-corrected chi connectivity index (χ1v) is 3.72. The normalized spacial score (nSPS) is 10.7. The Bertz CT molecular complexity index is 482. The molecule has 0 aliphatic heterocycles. The summed E-state index contributed by atoms with van der Waals surface area (Å²) in [6.07, 6.45) is 0. The molecule has 0 bridgehead atoms. The Labute approximate surface area is 76.7 Å². The number of carbonyl (C=O) groups excluding carboxylic acids is 1. The Balaban J connectivity index is 2.72. The lowest BCUT2D eigenvalue weighted by molar-refractivity contribution is 0.0991. The largest absolute Gasteiger partial charge is 0.363 e. The second-order valence-electron chi connectivity index (χ2n) is 2.73. The summed E-state index contributed by atoms with van der Waals surface area (Å²) in [5.74, 6) is -2.91. The molecule has 14 heavy (non-hydrogen) atoms. The number of nitrogens with two attached hydrogens (primary N) is 1. The van der Waals surface area contributed by atoms with Crippen LogP contribution in [-0.4, -0.2) is 15.9 Å². The molecule has 4 nitrogen and oxygen atoms in total. The molecule has 6 heteroatoms. The number of rotatable bonds is 1. The number of aromatic nitrogens is 2. The molecule has 0 atom stereocenters. The Kier molecular flexibility index (Phi) is 1.70. The van der Waals surface area contributed by atoms with Gasteiger partial charge in [-0.2, -0.15) is 0 Å². The molecular weight excluding hydrogens is 192 g/mol. The van der Waals surface area contributed by atoms with Crippen molar-refractivity contribution in [1.82, 2.24) is 9.97 Å². The smallest absolute Gasteiger partial charge is 0.284 e. The van der Waals surface area contributed by atoms with Gasteiger partial charge in [0.15, 0.2) is 17.5 Å². The fraction of sp³-hybridized carbons (Fsp3) is 0. The second kappa shape index (κ2) is 2.76. The van der Waals surface area contributed by atoms with Gasteiger partial charge >= 0.3 is 0 Å². The molecule has 0 saturated carbocycles. The molecule has 0 saturated heterocycles. The summed E-state index contributed by atoms with van der Waals surface area (Å²) < 4.78 is 25.4. The van der Waals surface area contributed by atoms with Gasteiger partial charge in [0.05, 0.1) is 11.0 Å². The number of imidazole rings is 1. The molecule has 1 amide bonds. The Morgan fingerprint density at radius 2 is 2.00 bits per heavy atom. The number of hydrogen-bond acceptors (Lipinski definition) is 2. The van der Waals surface area contributed by atoms with E-state index >= 15 is 0 Å². The van der Waals surface area contributed by atoms with E-state index in [0.29, 0.717) is 0 Å². The van der Waals surface area contributed by atoms with E-state index in [9.17, 15) is 13.6 Å². The van der Waals surface area contributed by atoms with Crippen molar-refractivity contribution in [2.75, 3.05) is 0 Å². The topological polar surface area (TPSA) is 71.8 Å². The summed E-state index contributed by atoms with van der Waals surface area (Å²) in [5, 5.41) is 0. The van der Waals surface area contributed by atoms with E-state index in [2.05, 4.69) is 9.97 Å². The monoisotopic (exact) mass is 197 g/mol. The van der Waals surface area contributed by atoms with Gasteiger partial charge in [-0.1, -0.05) is 0 Å². The molecule has 72 valence electrons.